The standard InChI is InChI=1S/C10H13.3CHO.Ru/c1-9(2)8-10-6-4-3-5-7-10;3*1-2;/h3-7H,8H2,1-2H3;3*1H;/q4*-1;+4. The number of carbonyl (C=O) groups excluding carboxylic acids is 3. The molecular formula is C13H16O3Ru. The van der Waals surface area contributed by atoms with E-state index in [-0.39, 0.29) is 19.5 Å². The Balaban J connectivity index is -0.000000106. The Morgan fingerprint density at radius 2 is 1.24 bits per heavy atom. The molecule has 0 fully saturated rings. The van der Waals surface area contributed by atoms with E-state index < -0.39 is 0 Å². The SMILES string of the molecule is C[C-](C)Cc1ccccc1.[CH-]=O.[CH-]=O.[CH-]=O.[Ru+4]. The smallest absolute Gasteiger partial charge is 0.545 e. The molecule has 1 aromatic carbocycles. The third kappa shape index (κ3) is 20.8. The Hall–Kier alpha value is -1.15. The van der Waals surface area contributed by atoms with Gasteiger partial charge in [0.2, 0.25) is 0 Å². The molecule has 0 aliphatic carbocycles. The number of hydrogen-bond donors (Lipinski definition) is 0. The molecule has 3 nitrogen and oxygen atoms in total. The van der Waals surface area contributed by atoms with Gasteiger partial charge in [0, 0.05) is 0 Å². The summed E-state index contributed by atoms with van der Waals surface area (Å²) in [7, 11) is 0. The quantitative estimate of drug-likeness (QED) is 0.476. The molecule has 17 heavy (non-hydrogen) atoms. The first-order valence-electron chi connectivity index (χ1n) is 4.32. The fraction of sp³-hybridized carbons (Fsp3) is 0.231. The molecule has 0 saturated heterocycles. The Labute approximate surface area is 116 Å². The Morgan fingerprint density at radius 1 is 0.882 bits per heavy atom. The Morgan fingerprint density at radius 3 is 1.53 bits per heavy atom. The minimum absolute atomic E-state index is 0. The first-order valence-corrected chi connectivity index (χ1v) is 4.32. The van der Waals surface area contributed by atoms with Crippen molar-refractivity contribution in [3.63, 3.8) is 0 Å². The second kappa shape index (κ2) is 24.2. The molecule has 0 amide bonds. The van der Waals surface area contributed by atoms with E-state index in [0.29, 0.717) is 0 Å². The first-order chi connectivity index (χ1) is 7.79. The number of rotatable bonds is 2. The van der Waals surface area contributed by atoms with Crippen LogP contribution < -0.4 is 0 Å². The van der Waals surface area contributed by atoms with Crippen LogP contribution in [0.15, 0.2) is 30.3 Å². The molecule has 0 bridgehead atoms. The molecule has 0 aliphatic heterocycles. The van der Waals surface area contributed by atoms with E-state index in [1.165, 1.54) is 11.5 Å². The van der Waals surface area contributed by atoms with Gasteiger partial charge in [-0.15, -0.1) is 0 Å². The van der Waals surface area contributed by atoms with Gasteiger partial charge in [-0.25, -0.2) is 0 Å². The van der Waals surface area contributed by atoms with Crippen LogP contribution in [-0.2, 0) is 40.3 Å². The van der Waals surface area contributed by atoms with Crippen molar-refractivity contribution >= 4 is 20.4 Å². The van der Waals surface area contributed by atoms with Gasteiger partial charge in [0.25, 0.3) is 0 Å². The molecule has 0 atom stereocenters. The number of benzene rings is 1. The van der Waals surface area contributed by atoms with E-state index >= 15 is 0 Å². The Bertz CT molecular complexity index is 223. The molecule has 1 rings (SSSR count). The zero-order valence-corrected chi connectivity index (χ0v) is 11.6. The average Bonchev–Trinajstić information content (AvgIpc) is 2.37. The summed E-state index contributed by atoms with van der Waals surface area (Å²) in [6.07, 6.45) is 1.11. The summed E-state index contributed by atoms with van der Waals surface area (Å²) >= 11 is 0. The van der Waals surface area contributed by atoms with Gasteiger partial charge in [-0.2, -0.15) is 20.3 Å². The monoisotopic (exact) mass is 322 g/mol. The second-order valence-electron chi connectivity index (χ2n) is 2.87. The molecule has 0 saturated carbocycles. The summed E-state index contributed by atoms with van der Waals surface area (Å²) in [5.41, 5.74) is 1.41. The van der Waals surface area contributed by atoms with Gasteiger partial charge in [0.05, 0.1) is 0 Å². The summed E-state index contributed by atoms with van der Waals surface area (Å²) < 4.78 is 0. The van der Waals surface area contributed by atoms with Crippen LogP contribution in [-0.4, -0.2) is 20.4 Å². The maximum absolute atomic E-state index is 7.75. The van der Waals surface area contributed by atoms with Crippen LogP contribution in [0.4, 0.5) is 0 Å². The zero-order valence-electron chi connectivity index (χ0n) is 9.90. The van der Waals surface area contributed by atoms with Crippen molar-refractivity contribution in [2.24, 2.45) is 0 Å². The summed E-state index contributed by atoms with van der Waals surface area (Å²) in [4.78, 5) is 23.2. The van der Waals surface area contributed by atoms with Crippen LogP contribution in [0, 0.1) is 5.92 Å². The van der Waals surface area contributed by atoms with Crippen LogP contribution in [0.5, 0.6) is 0 Å². The van der Waals surface area contributed by atoms with E-state index in [1.807, 2.05) is 0 Å². The fourth-order valence-electron chi connectivity index (χ4n) is 1.00. The zero-order chi connectivity index (χ0) is 13.4. The maximum atomic E-state index is 7.75. The second-order valence-corrected chi connectivity index (χ2v) is 2.87. The third-order valence-electron chi connectivity index (χ3n) is 1.40. The van der Waals surface area contributed by atoms with Crippen molar-refractivity contribution < 1.29 is 33.9 Å². The van der Waals surface area contributed by atoms with Crippen LogP contribution in [0.1, 0.15) is 19.4 Å². The Kier molecular flexibility index (Phi) is 35.4. The van der Waals surface area contributed by atoms with Gasteiger partial charge in [-0.1, -0.05) is 35.9 Å². The van der Waals surface area contributed by atoms with Crippen LogP contribution in [0.2, 0.25) is 0 Å². The van der Waals surface area contributed by atoms with Gasteiger partial charge < -0.3 is 20.3 Å². The van der Waals surface area contributed by atoms with Crippen molar-refractivity contribution in [3.05, 3.63) is 41.8 Å². The fourth-order valence-corrected chi connectivity index (χ4v) is 1.00. The first kappa shape index (κ1) is 24.9. The maximum Gasteiger partial charge on any atom is 4.00 e. The van der Waals surface area contributed by atoms with E-state index in [9.17, 15) is 0 Å². The predicted octanol–water partition coefficient (Wildman–Crippen LogP) is 2.02. The van der Waals surface area contributed by atoms with Crippen molar-refractivity contribution in [2.45, 2.75) is 20.3 Å². The largest absolute Gasteiger partial charge is 4.00 e. The van der Waals surface area contributed by atoms with Gasteiger partial charge in [0.1, 0.15) is 0 Å². The summed E-state index contributed by atoms with van der Waals surface area (Å²) in [6.45, 7) is 14.1. The molecule has 1 aromatic rings. The van der Waals surface area contributed by atoms with Gasteiger partial charge >= 0.3 is 19.5 Å². The molecule has 0 radical (unpaired) electrons. The molecule has 0 aliphatic rings. The van der Waals surface area contributed by atoms with Gasteiger partial charge in [-0.3, -0.25) is 20.4 Å². The van der Waals surface area contributed by atoms with E-state index in [4.69, 9.17) is 14.4 Å². The van der Waals surface area contributed by atoms with Crippen LogP contribution in [0.3, 0.4) is 0 Å². The van der Waals surface area contributed by atoms with Crippen molar-refractivity contribution in [2.75, 3.05) is 0 Å². The molecule has 4 heteroatoms. The number of hydrogen-bond acceptors (Lipinski definition) is 3. The molecule has 0 unspecified atom stereocenters. The molecule has 0 heterocycles. The van der Waals surface area contributed by atoms with Crippen molar-refractivity contribution in [3.8, 4) is 0 Å². The summed E-state index contributed by atoms with van der Waals surface area (Å²) in [6, 6.07) is 10.5. The normalized spacial score (nSPS) is 6.76. The summed E-state index contributed by atoms with van der Waals surface area (Å²) in [5, 5.41) is 0. The third-order valence-corrected chi connectivity index (χ3v) is 1.40. The molecule has 94 valence electrons. The van der Waals surface area contributed by atoms with Gasteiger partial charge in [0.15, 0.2) is 0 Å². The van der Waals surface area contributed by atoms with Crippen LogP contribution >= 0.6 is 0 Å². The van der Waals surface area contributed by atoms with Crippen LogP contribution in [0.25, 0.3) is 0 Å². The minimum atomic E-state index is 0. The van der Waals surface area contributed by atoms with E-state index in [1.54, 1.807) is 0 Å². The van der Waals surface area contributed by atoms with Gasteiger partial charge in [-0.05, 0) is 0 Å². The molecule has 0 spiro atoms. The minimum Gasteiger partial charge on any atom is -0.545 e. The average molecular weight is 321 g/mol. The molecule has 0 aromatic heterocycles. The molecular weight excluding hydrogens is 305 g/mol. The van der Waals surface area contributed by atoms with Crippen molar-refractivity contribution in [1.29, 1.82) is 0 Å². The predicted molar refractivity (Wildman–Crippen MR) is 65.0 cm³/mol. The van der Waals surface area contributed by atoms with E-state index in [2.05, 4.69) is 64.5 Å². The topological polar surface area (TPSA) is 51.2 Å². The van der Waals surface area contributed by atoms with E-state index in [0.717, 1.165) is 6.42 Å². The van der Waals surface area contributed by atoms with Crippen molar-refractivity contribution in [1.82, 2.24) is 0 Å². The summed E-state index contributed by atoms with van der Waals surface area (Å²) in [5.74, 6) is 1.46. The molecule has 0 N–H and O–H groups in total.